The molecule has 0 unspecified atom stereocenters. The fourth-order valence-electron chi connectivity index (χ4n) is 2.20. The number of nitrogens with zero attached hydrogens (tertiary/aromatic N) is 1. The van der Waals surface area contributed by atoms with Crippen LogP contribution in [0.2, 0.25) is 0 Å². The van der Waals surface area contributed by atoms with Crippen LogP contribution in [0.3, 0.4) is 0 Å². The van der Waals surface area contributed by atoms with Crippen molar-refractivity contribution in [1.82, 2.24) is 4.90 Å². The van der Waals surface area contributed by atoms with Gasteiger partial charge in [0.05, 0.1) is 4.88 Å². The van der Waals surface area contributed by atoms with Crippen LogP contribution >= 0.6 is 11.3 Å². The Balaban J connectivity index is 2.26. The van der Waals surface area contributed by atoms with Gasteiger partial charge in [-0.25, -0.2) is 0 Å². The summed E-state index contributed by atoms with van der Waals surface area (Å²) in [4.78, 5) is 15.3. The lowest BCUT2D eigenvalue weighted by atomic mass is 10.1. The van der Waals surface area contributed by atoms with Crippen molar-refractivity contribution < 1.29 is 4.79 Å². The molecule has 0 fully saturated rings. The summed E-state index contributed by atoms with van der Waals surface area (Å²) < 4.78 is 0. The molecule has 1 aromatic rings. The zero-order chi connectivity index (χ0) is 14.1. The summed E-state index contributed by atoms with van der Waals surface area (Å²) >= 11 is 1.55. The molecule has 1 aromatic heterocycles. The van der Waals surface area contributed by atoms with E-state index in [1.807, 2.05) is 17.5 Å². The van der Waals surface area contributed by atoms with Crippen LogP contribution in [-0.4, -0.2) is 29.8 Å². The Morgan fingerprint density at radius 1 is 1.26 bits per heavy atom. The highest BCUT2D eigenvalue weighted by atomic mass is 32.1. The molecule has 0 aliphatic carbocycles. The summed E-state index contributed by atoms with van der Waals surface area (Å²) in [6.45, 7) is 8.93. The van der Waals surface area contributed by atoms with Crippen molar-refractivity contribution in [1.29, 1.82) is 0 Å². The van der Waals surface area contributed by atoms with Crippen molar-refractivity contribution in [3.05, 3.63) is 22.4 Å². The summed E-state index contributed by atoms with van der Waals surface area (Å²) in [5.41, 5.74) is 0. The Bertz CT molecular complexity index is 346. The van der Waals surface area contributed by atoms with E-state index in [9.17, 15) is 4.79 Å². The van der Waals surface area contributed by atoms with Crippen molar-refractivity contribution in [3.63, 3.8) is 0 Å². The quantitative estimate of drug-likeness (QED) is 0.461. The van der Waals surface area contributed by atoms with Gasteiger partial charge in [-0.3, -0.25) is 4.79 Å². The molecule has 1 heterocycles. The third-order valence-electron chi connectivity index (χ3n) is 3.42. The molecule has 2 nitrogen and oxygen atoms in total. The zero-order valence-electron chi connectivity index (χ0n) is 12.5. The van der Waals surface area contributed by atoms with Crippen LogP contribution in [0.25, 0.3) is 0 Å². The van der Waals surface area contributed by atoms with Gasteiger partial charge in [0.2, 0.25) is 0 Å². The maximum absolute atomic E-state index is 11.9. The van der Waals surface area contributed by atoms with Crippen LogP contribution in [-0.2, 0) is 0 Å². The first-order chi connectivity index (χ1) is 9.15. The smallest absolute Gasteiger partial charge is 0.172 e. The molecule has 0 saturated carbocycles. The number of carbonyl (C=O) groups is 1. The number of hydrogen-bond acceptors (Lipinski definition) is 3. The van der Waals surface area contributed by atoms with Crippen molar-refractivity contribution in [2.24, 2.45) is 0 Å². The van der Waals surface area contributed by atoms with Crippen LogP contribution in [0, 0.1) is 0 Å². The van der Waals surface area contributed by atoms with E-state index in [4.69, 9.17) is 0 Å². The molecule has 0 radical (unpaired) electrons. The van der Waals surface area contributed by atoms with Gasteiger partial charge in [0.25, 0.3) is 0 Å². The topological polar surface area (TPSA) is 20.3 Å². The molecule has 1 rings (SSSR count). The van der Waals surface area contributed by atoms with Crippen molar-refractivity contribution in [2.45, 2.75) is 58.9 Å². The van der Waals surface area contributed by atoms with Crippen LogP contribution in [0.4, 0.5) is 0 Å². The third-order valence-corrected chi connectivity index (χ3v) is 4.34. The highest BCUT2D eigenvalue weighted by Gasteiger charge is 2.11. The monoisotopic (exact) mass is 281 g/mol. The van der Waals surface area contributed by atoms with Crippen LogP contribution in [0.15, 0.2) is 17.5 Å². The van der Waals surface area contributed by atoms with Gasteiger partial charge in [0.1, 0.15) is 0 Å². The fraction of sp³-hybridized carbons (Fsp3) is 0.688. The molecule has 108 valence electrons. The first kappa shape index (κ1) is 16.4. The Morgan fingerprint density at radius 3 is 2.58 bits per heavy atom. The van der Waals surface area contributed by atoms with Crippen molar-refractivity contribution in [3.8, 4) is 0 Å². The summed E-state index contributed by atoms with van der Waals surface area (Å²) in [5.74, 6) is 0.298. The minimum atomic E-state index is 0.298. The van der Waals surface area contributed by atoms with Gasteiger partial charge in [-0.05, 0) is 51.2 Å². The van der Waals surface area contributed by atoms with Gasteiger partial charge in [0, 0.05) is 12.5 Å². The number of Topliss-reactive ketones (excluding diaryl/α,β-unsaturated/α-hetero) is 1. The molecule has 19 heavy (non-hydrogen) atoms. The Labute approximate surface area is 121 Å². The Hall–Kier alpha value is -0.670. The molecule has 0 saturated heterocycles. The lowest BCUT2D eigenvalue weighted by Gasteiger charge is -2.26. The van der Waals surface area contributed by atoms with E-state index in [0.717, 1.165) is 17.8 Å². The van der Waals surface area contributed by atoms with Gasteiger partial charge in [-0.2, -0.15) is 0 Å². The average Bonchev–Trinajstić information content (AvgIpc) is 2.90. The number of carbonyl (C=O) groups excluding carboxylic acids is 1. The second kappa shape index (κ2) is 9.27. The first-order valence-corrected chi connectivity index (χ1v) is 8.33. The average molecular weight is 281 g/mol. The minimum Gasteiger partial charge on any atom is -0.301 e. The second-order valence-corrected chi connectivity index (χ2v) is 6.29. The SMILES string of the molecule is CCCCCN(CCCC(=O)c1cccs1)C(C)C. The van der Waals surface area contributed by atoms with E-state index in [0.29, 0.717) is 18.2 Å². The largest absolute Gasteiger partial charge is 0.301 e. The summed E-state index contributed by atoms with van der Waals surface area (Å²) in [6, 6.07) is 4.45. The van der Waals surface area contributed by atoms with E-state index in [1.54, 1.807) is 11.3 Å². The number of unbranched alkanes of at least 4 members (excludes halogenated alkanes) is 2. The fourth-order valence-corrected chi connectivity index (χ4v) is 2.89. The molecule has 0 N–H and O–H groups in total. The molecule has 0 spiro atoms. The summed E-state index contributed by atoms with van der Waals surface area (Å²) in [5, 5.41) is 1.97. The minimum absolute atomic E-state index is 0.298. The lowest BCUT2D eigenvalue weighted by molar-refractivity contribution is 0.0975. The molecular weight excluding hydrogens is 254 g/mol. The standard InChI is InChI=1S/C16H27NOS/c1-4-5-6-11-17(14(2)3)12-7-9-15(18)16-10-8-13-19-16/h8,10,13-14H,4-7,9,11-12H2,1-3H3. The van der Waals surface area contributed by atoms with Crippen LogP contribution in [0.5, 0.6) is 0 Å². The number of ketones is 1. The molecular formula is C16H27NOS. The van der Waals surface area contributed by atoms with Crippen LogP contribution < -0.4 is 0 Å². The van der Waals surface area contributed by atoms with Gasteiger partial charge in [-0.1, -0.05) is 25.8 Å². The molecule has 0 amide bonds. The highest BCUT2D eigenvalue weighted by Crippen LogP contribution is 2.13. The number of hydrogen-bond donors (Lipinski definition) is 0. The maximum Gasteiger partial charge on any atom is 0.172 e. The lowest BCUT2D eigenvalue weighted by Crippen LogP contribution is -2.33. The number of rotatable bonds is 10. The molecule has 0 atom stereocenters. The van der Waals surface area contributed by atoms with Crippen LogP contribution in [0.1, 0.15) is 62.5 Å². The Kier molecular flexibility index (Phi) is 7.99. The van der Waals surface area contributed by atoms with Gasteiger partial charge in [-0.15, -0.1) is 11.3 Å². The zero-order valence-corrected chi connectivity index (χ0v) is 13.3. The van der Waals surface area contributed by atoms with E-state index in [2.05, 4.69) is 25.7 Å². The van der Waals surface area contributed by atoms with Gasteiger partial charge >= 0.3 is 0 Å². The molecule has 0 aliphatic rings. The summed E-state index contributed by atoms with van der Waals surface area (Å²) in [7, 11) is 0. The molecule has 0 aromatic carbocycles. The highest BCUT2D eigenvalue weighted by molar-refractivity contribution is 7.12. The van der Waals surface area contributed by atoms with E-state index in [1.165, 1.54) is 25.8 Å². The van der Waals surface area contributed by atoms with Gasteiger partial charge < -0.3 is 4.90 Å². The third kappa shape index (κ3) is 6.35. The van der Waals surface area contributed by atoms with E-state index in [-0.39, 0.29) is 0 Å². The molecule has 0 bridgehead atoms. The maximum atomic E-state index is 11.9. The van der Waals surface area contributed by atoms with E-state index >= 15 is 0 Å². The van der Waals surface area contributed by atoms with Gasteiger partial charge in [0.15, 0.2) is 5.78 Å². The number of thiophene rings is 1. The van der Waals surface area contributed by atoms with Crippen molar-refractivity contribution in [2.75, 3.05) is 13.1 Å². The first-order valence-electron chi connectivity index (χ1n) is 7.46. The van der Waals surface area contributed by atoms with Crippen molar-refractivity contribution >= 4 is 17.1 Å². The Morgan fingerprint density at radius 2 is 2.00 bits per heavy atom. The molecule has 3 heteroatoms. The predicted molar refractivity (Wildman–Crippen MR) is 84.1 cm³/mol. The second-order valence-electron chi connectivity index (χ2n) is 5.34. The van der Waals surface area contributed by atoms with E-state index < -0.39 is 0 Å². The summed E-state index contributed by atoms with van der Waals surface area (Å²) in [6.07, 6.45) is 5.49. The predicted octanol–water partition coefficient (Wildman–Crippen LogP) is 4.61. The normalized spacial score (nSPS) is 11.4. The molecule has 0 aliphatic heterocycles.